The Balaban J connectivity index is 1.22. The van der Waals surface area contributed by atoms with Gasteiger partial charge in [-0.25, -0.2) is 9.78 Å². The average molecular weight is 605 g/mol. The van der Waals surface area contributed by atoms with E-state index in [2.05, 4.69) is 10.3 Å². The Bertz CT molecular complexity index is 1590. The lowest BCUT2D eigenvalue weighted by molar-refractivity contribution is -0.135. The van der Waals surface area contributed by atoms with Gasteiger partial charge in [0.15, 0.2) is 0 Å². The predicted octanol–water partition coefficient (Wildman–Crippen LogP) is 1.92. The maximum absolute atomic E-state index is 13.6. The van der Waals surface area contributed by atoms with Gasteiger partial charge in [-0.15, -0.1) is 11.3 Å². The summed E-state index contributed by atoms with van der Waals surface area (Å²) < 4.78 is 6.91. The number of nitrogens with zero attached hydrogens (tertiary/aromatic N) is 5. The van der Waals surface area contributed by atoms with Gasteiger partial charge in [-0.1, -0.05) is 12.1 Å². The lowest BCUT2D eigenvalue weighted by Crippen LogP contribution is -2.47. The molecule has 13 heteroatoms. The quantitative estimate of drug-likeness (QED) is 0.452. The second-order valence-electron chi connectivity index (χ2n) is 11.1. The van der Waals surface area contributed by atoms with Crippen LogP contribution in [-0.2, 0) is 14.4 Å². The molecule has 3 aliphatic rings. The zero-order chi connectivity index (χ0) is 30.1. The first-order valence-corrected chi connectivity index (χ1v) is 15.1. The van der Waals surface area contributed by atoms with E-state index in [-0.39, 0.29) is 56.4 Å². The Kier molecular flexibility index (Phi) is 7.98. The highest BCUT2D eigenvalue weighted by atomic mass is 32.1. The van der Waals surface area contributed by atoms with Crippen LogP contribution in [0.5, 0.6) is 5.75 Å². The Morgan fingerprint density at radius 3 is 2.72 bits per heavy atom. The zero-order valence-electron chi connectivity index (χ0n) is 23.7. The predicted molar refractivity (Wildman–Crippen MR) is 158 cm³/mol. The number of hydrogen-bond donors (Lipinski definition) is 1. The molecule has 2 atom stereocenters. The van der Waals surface area contributed by atoms with E-state index in [1.807, 2.05) is 24.3 Å². The topological polar surface area (TPSA) is 132 Å². The molecule has 6 rings (SSSR count). The molecule has 2 fully saturated rings. The molecule has 3 aromatic rings. The lowest BCUT2D eigenvalue weighted by atomic mass is 9.94. The summed E-state index contributed by atoms with van der Waals surface area (Å²) in [7, 11) is 1.51. The van der Waals surface area contributed by atoms with Crippen molar-refractivity contribution < 1.29 is 28.7 Å². The van der Waals surface area contributed by atoms with Crippen LogP contribution in [-0.4, -0.2) is 113 Å². The van der Waals surface area contributed by atoms with Crippen molar-refractivity contribution in [3.05, 3.63) is 59.1 Å². The summed E-state index contributed by atoms with van der Waals surface area (Å²) in [6.45, 7) is 0.759. The largest absolute Gasteiger partial charge is 0.494 e. The highest BCUT2D eigenvalue weighted by Gasteiger charge is 2.41. The highest BCUT2D eigenvalue weighted by Crippen LogP contribution is 2.31. The van der Waals surface area contributed by atoms with Gasteiger partial charge in [0.25, 0.3) is 11.8 Å². The molecule has 43 heavy (non-hydrogen) atoms. The molecule has 6 amide bonds. The molecule has 0 aliphatic carbocycles. The summed E-state index contributed by atoms with van der Waals surface area (Å²) in [4.78, 5) is 74.6. The number of likely N-dealkylation sites (N-methyl/N-ethyl adjacent to an activating group) is 1. The number of hydrogen-bond acceptors (Lipinski definition) is 8. The maximum atomic E-state index is 13.6. The van der Waals surface area contributed by atoms with Gasteiger partial charge >= 0.3 is 6.03 Å². The Morgan fingerprint density at radius 2 is 1.91 bits per heavy atom. The van der Waals surface area contributed by atoms with Crippen molar-refractivity contribution in [3.63, 3.8) is 0 Å². The van der Waals surface area contributed by atoms with Crippen molar-refractivity contribution in [2.24, 2.45) is 0 Å². The molecule has 1 N–H and O–H groups in total. The fraction of sp³-hybridized carbons (Fsp3) is 0.400. The Hall–Kier alpha value is -4.52. The minimum Gasteiger partial charge on any atom is -0.494 e. The van der Waals surface area contributed by atoms with Gasteiger partial charge in [-0.2, -0.15) is 0 Å². The molecule has 2 aromatic carbocycles. The fourth-order valence-corrected chi connectivity index (χ4v) is 6.55. The van der Waals surface area contributed by atoms with Gasteiger partial charge in [-0.05, 0) is 48.7 Å². The van der Waals surface area contributed by atoms with Crippen LogP contribution in [0, 0.1) is 0 Å². The smallest absolute Gasteiger partial charge is 0.327 e. The lowest BCUT2D eigenvalue weighted by Gasteiger charge is -2.26. The number of fused-ring (bicyclic) bond motifs is 5. The monoisotopic (exact) mass is 604 g/mol. The third-order valence-electron chi connectivity index (χ3n) is 8.12. The highest BCUT2D eigenvalue weighted by molar-refractivity contribution is 7.16. The van der Waals surface area contributed by atoms with Gasteiger partial charge < -0.3 is 24.8 Å². The van der Waals surface area contributed by atoms with Crippen molar-refractivity contribution in [1.82, 2.24) is 29.9 Å². The number of likely N-dealkylation sites (tertiary alicyclic amines) is 1. The molecule has 224 valence electrons. The Labute approximate surface area is 252 Å². The van der Waals surface area contributed by atoms with Crippen LogP contribution in [0.4, 0.5) is 4.79 Å². The minimum atomic E-state index is -0.506. The summed E-state index contributed by atoms with van der Waals surface area (Å²) in [5.74, 6) is -0.937. The molecule has 4 heterocycles. The van der Waals surface area contributed by atoms with E-state index in [1.54, 1.807) is 33.5 Å². The van der Waals surface area contributed by atoms with Gasteiger partial charge in [0.1, 0.15) is 18.8 Å². The van der Waals surface area contributed by atoms with Gasteiger partial charge in [0.2, 0.25) is 11.8 Å². The van der Waals surface area contributed by atoms with E-state index in [4.69, 9.17) is 4.74 Å². The van der Waals surface area contributed by atoms with Crippen LogP contribution >= 0.6 is 11.3 Å². The molecular formula is C30H32N6O6S. The van der Waals surface area contributed by atoms with Crippen LogP contribution in [0.3, 0.4) is 0 Å². The third kappa shape index (κ3) is 6.03. The standard InChI is InChI=1S/C30H32N6O6S/c1-33-16-28(39)36(30(33)41)17-27(38)35-13-22-19-5-4-6-21(11-19)42-10-3-2-9-34(15-26(37)32-24(22)14-35)29(40)20-7-8-23-25(12-20)43-18-31-23/h4-8,11-12,18,22,24H,2-3,9-10,13-17H2,1H3,(H,32,37)/t22-,24+/m1/s1. The molecule has 0 radical (unpaired) electrons. The van der Waals surface area contributed by atoms with E-state index in [9.17, 15) is 24.0 Å². The number of thiazole rings is 1. The van der Waals surface area contributed by atoms with E-state index >= 15 is 0 Å². The van der Waals surface area contributed by atoms with Crippen molar-refractivity contribution in [2.75, 3.05) is 52.9 Å². The first-order chi connectivity index (χ1) is 20.8. The Morgan fingerprint density at radius 1 is 1.05 bits per heavy atom. The number of ether oxygens (including phenoxy) is 1. The summed E-state index contributed by atoms with van der Waals surface area (Å²) in [5, 5.41) is 3.08. The molecule has 1 aromatic heterocycles. The number of imide groups is 1. The number of rotatable bonds is 3. The number of benzene rings is 2. The van der Waals surface area contributed by atoms with Crippen molar-refractivity contribution in [2.45, 2.75) is 24.8 Å². The van der Waals surface area contributed by atoms with Crippen LogP contribution in [0.1, 0.15) is 34.7 Å². The number of amides is 6. The minimum absolute atomic E-state index is 0.0620. The van der Waals surface area contributed by atoms with E-state index in [1.165, 1.54) is 23.3 Å². The van der Waals surface area contributed by atoms with E-state index in [0.717, 1.165) is 20.7 Å². The number of carbonyl (C=O) groups excluding carboxylic acids is 5. The molecule has 0 saturated carbocycles. The molecule has 2 bridgehead atoms. The second-order valence-corrected chi connectivity index (χ2v) is 12.0. The van der Waals surface area contributed by atoms with Crippen LogP contribution in [0.15, 0.2) is 48.0 Å². The van der Waals surface area contributed by atoms with Crippen LogP contribution < -0.4 is 10.1 Å². The fourth-order valence-electron chi connectivity index (χ4n) is 5.83. The SMILES string of the molecule is CN1CC(=O)N(CC(=O)N2C[C@@H]3NC(=O)CN(C(=O)c4ccc5ncsc5c4)CCCCOc4cccc(c4)[C@H]3C2)C1=O. The van der Waals surface area contributed by atoms with E-state index < -0.39 is 18.0 Å². The third-order valence-corrected chi connectivity index (χ3v) is 8.91. The maximum Gasteiger partial charge on any atom is 0.327 e. The van der Waals surface area contributed by atoms with Crippen LogP contribution in [0.2, 0.25) is 0 Å². The first-order valence-electron chi connectivity index (χ1n) is 14.2. The van der Waals surface area contributed by atoms with Crippen molar-refractivity contribution in [3.8, 4) is 5.75 Å². The number of nitrogens with one attached hydrogen (secondary N) is 1. The summed E-state index contributed by atoms with van der Waals surface area (Å²) in [6.07, 6.45) is 1.35. The summed E-state index contributed by atoms with van der Waals surface area (Å²) in [5.41, 5.74) is 3.94. The number of carbonyl (C=O) groups is 5. The van der Waals surface area contributed by atoms with Gasteiger partial charge in [-0.3, -0.25) is 24.1 Å². The summed E-state index contributed by atoms with van der Waals surface area (Å²) >= 11 is 1.45. The first kappa shape index (κ1) is 28.6. The molecule has 3 aliphatic heterocycles. The average Bonchev–Trinajstić information content (AvgIpc) is 3.70. The number of aromatic nitrogens is 1. The molecule has 2 saturated heterocycles. The van der Waals surface area contributed by atoms with Crippen molar-refractivity contribution in [1.29, 1.82) is 0 Å². The molecule has 0 spiro atoms. The number of urea groups is 1. The summed E-state index contributed by atoms with van der Waals surface area (Å²) in [6, 6.07) is 12.0. The second kappa shape index (κ2) is 12.0. The molecular weight excluding hydrogens is 572 g/mol. The van der Waals surface area contributed by atoms with Crippen molar-refractivity contribution >= 4 is 51.2 Å². The normalized spacial score (nSPS) is 21.5. The van der Waals surface area contributed by atoms with Gasteiger partial charge in [0.05, 0.1) is 34.9 Å². The molecule has 0 unspecified atom stereocenters. The van der Waals surface area contributed by atoms with Crippen LogP contribution in [0.25, 0.3) is 10.2 Å². The van der Waals surface area contributed by atoms with Gasteiger partial charge in [0, 0.05) is 38.2 Å². The zero-order valence-corrected chi connectivity index (χ0v) is 24.5. The van der Waals surface area contributed by atoms with E-state index in [0.29, 0.717) is 37.3 Å². The molecule has 12 nitrogen and oxygen atoms in total.